The van der Waals surface area contributed by atoms with Crippen LogP contribution >= 0.6 is 35.0 Å². The number of hydrogen-bond acceptors (Lipinski definition) is 2. The van der Waals surface area contributed by atoms with Gasteiger partial charge in [-0.05, 0) is 6.07 Å². The zero-order valence-electron chi connectivity index (χ0n) is 9.63. The third-order valence-corrected chi connectivity index (χ3v) is 4.20. The normalized spacial score (nSPS) is 13.9. The molecule has 1 N–H and O–H groups in total. The molecule has 0 amide bonds. The third kappa shape index (κ3) is 4.17. The summed E-state index contributed by atoms with van der Waals surface area (Å²) in [4.78, 5) is 0. The molecule has 0 aromatic heterocycles. The molecule has 1 aromatic rings. The van der Waals surface area contributed by atoms with E-state index in [1.165, 1.54) is 0 Å². The van der Waals surface area contributed by atoms with E-state index < -0.39 is 6.10 Å². The van der Waals surface area contributed by atoms with Gasteiger partial charge in [0, 0.05) is 16.1 Å². The highest BCUT2D eigenvalue weighted by Crippen LogP contribution is 2.34. The fraction of sp³-hybridized carbons (Fsp3) is 0.500. The first-order valence-electron chi connectivity index (χ1n) is 5.07. The molecule has 0 aliphatic rings. The number of rotatable bonds is 3. The monoisotopic (exact) mass is 278 g/mol. The summed E-state index contributed by atoms with van der Waals surface area (Å²) in [5, 5.41) is 11.0. The van der Waals surface area contributed by atoms with Crippen LogP contribution in [-0.4, -0.2) is 15.6 Å². The van der Waals surface area contributed by atoms with Gasteiger partial charge in [-0.1, -0.05) is 56.1 Å². The second-order valence-electron chi connectivity index (χ2n) is 4.58. The minimum absolute atomic E-state index is 0.131. The topological polar surface area (TPSA) is 20.2 Å². The Bertz CT molecular complexity index is 361. The van der Waals surface area contributed by atoms with Crippen molar-refractivity contribution in [3.05, 3.63) is 33.8 Å². The molecule has 1 rings (SSSR count). The van der Waals surface area contributed by atoms with Crippen LogP contribution in [0.15, 0.2) is 18.2 Å². The molecule has 0 aliphatic heterocycles. The Morgan fingerprint density at radius 1 is 1.31 bits per heavy atom. The molecule has 16 heavy (non-hydrogen) atoms. The lowest BCUT2D eigenvalue weighted by molar-refractivity contribution is 0.204. The first-order chi connectivity index (χ1) is 7.31. The number of aliphatic hydroxyl groups excluding tert-OH is 1. The van der Waals surface area contributed by atoms with Gasteiger partial charge >= 0.3 is 0 Å². The van der Waals surface area contributed by atoms with E-state index >= 15 is 0 Å². The third-order valence-electron chi connectivity index (χ3n) is 2.01. The Hall–Kier alpha value is 0.110. The van der Waals surface area contributed by atoms with Crippen molar-refractivity contribution in [3.8, 4) is 0 Å². The van der Waals surface area contributed by atoms with Crippen molar-refractivity contribution >= 4 is 35.0 Å². The molecule has 0 bridgehead atoms. The second kappa shape index (κ2) is 5.63. The fourth-order valence-electron chi connectivity index (χ4n) is 1.20. The summed E-state index contributed by atoms with van der Waals surface area (Å²) in [7, 11) is 0. The molecule has 1 unspecified atom stereocenters. The Morgan fingerprint density at radius 2 is 1.94 bits per heavy atom. The van der Waals surface area contributed by atoms with E-state index in [1.807, 2.05) is 6.07 Å². The smallest absolute Gasteiger partial charge is 0.0895 e. The molecule has 0 fully saturated rings. The molecule has 4 heteroatoms. The van der Waals surface area contributed by atoms with Crippen molar-refractivity contribution in [1.29, 1.82) is 0 Å². The minimum atomic E-state index is -0.574. The zero-order valence-corrected chi connectivity index (χ0v) is 12.0. The predicted octanol–water partition coefficient (Wildman–Crippen LogP) is 4.56. The van der Waals surface area contributed by atoms with Crippen molar-refractivity contribution in [1.82, 2.24) is 0 Å². The van der Waals surface area contributed by atoms with Gasteiger partial charge in [0.25, 0.3) is 0 Å². The summed E-state index contributed by atoms with van der Waals surface area (Å²) >= 11 is 13.6. The van der Waals surface area contributed by atoms with Gasteiger partial charge in [0.1, 0.15) is 0 Å². The standard InChI is InChI=1S/C12H16Cl2OS/c1-12(2,3)16-7-10(15)8-5-4-6-9(13)11(8)14/h4-6,10,15H,7H2,1-3H3. The highest BCUT2D eigenvalue weighted by Gasteiger charge is 2.17. The maximum absolute atomic E-state index is 10.0. The van der Waals surface area contributed by atoms with Crippen molar-refractivity contribution in [2.45, 2.75) is 31.6 Å². The fourth-order valence-corrected chi connectivity index (χ4v) is 2.47. The molecule has 1 atom stereocenters. The molecule has 1 aromatic carbocycles. The molecule has 0 aliphatic carbocycles. The molecule has 90 valence electrons. The number of benzene rings is 1. The predicted molar refractivity (Wildman–Crippen MR) is 73.6 cm³/mol. The molecular weight excluding hydrogens is 263 g/mol. The lowest BCUT2D eigenvalue weighted by Crippen LogP contribution is -2.12. The molecule has 1 nitrogen and oxygen atoms in total. The van der Waals surface area contributed by atoms with Crippen LogP contribution in [0.4, 0.5) is 0 Å². The van der Waals surface area contributed by atoms with E-state index in [0.717, 1.165) is 0 Å². The van der Waals surface area contributed by atoms with Gasteiger partial charge in [0.15, 0.2) is 0 Å². The van der Waals surface area contributed by atoms with Crippen molar-refractivity contribution in [3.63, 3.8) is 0 Å². The minimum Gasteiger partial charge on any atom is -0.387 e. The maximum atomic E-state index is 10.0. The SMILES string of the molecule is CC(C)(C)SCC(O)c1cccc(Cl)c1Cl. The lowest BCUT2D eigenvalue weighted by atomic mass is 10.1. The summed E-state index contributed by atoms with van der Waals surface area (Å²) in [6.45, 7) is 6.35. The quantitative estimate of drug-likeness (QED) is 0.875. The maximum Gasteiger partial charge on any atom is 0.0895 e. The number of halogens is 2. The average Bonchev–Trinajstić information content (AvgIpc) is 2.17. The van der Waals surface area contributed by atoms with Gasteiger partial charge in [0.2, 0.25) is 0 Å². The summed E-state index contributed by atoms with van der Waals surface area (Å²) < 4.78 is 0.131. The van der Waals surface area contributed by atoms with Crippen LogP contribution in [0.25, 0.3) is 0 Å². The van der Waals surface area contributed by atoms with Gasteiger partial charge in [-0.3, -0.25) is 0 Å². The van der Waals surface area contributed by atoms with E-state index in [9.17, 15) is 5.11 Å². The molecule has 0 saturated carbocycles. The summed E-state index contributed by atoms with van der Waals surface area (Å²) in [6.07, 6.45) is -0.574. The van der Waals surface area contributed by atoms with Gasteiger partial charge < -0.3 is 5.11 Å². The Kier molecular flexibility index (Phi) is 4.99. The number of thioether (sulfide) groups is 1. The van der Waals surface area contributed by atoms with Gasteiger partial charge in [-0.15, -0.1) is 0 Å². The molecule has 0 radical (unpaired) electrons. The molecule has 0 saturated heterocycles. The lowest BCUT2D eigenvalue weighted by Gasteiger charge is -2.20. The highest BCUT2D eigenvalue weighted by atomic mass is 35.5. The summed E-state index contributed by atoms with van der Waals surface area (Å²) in [5.74, 6) is 0.615. The van der Waals surface area contributed by atoms with E-state index in [2.05, 4.69) is 20.8 Å². The van der Waals surface area contributed by atoms with E-state index in [0.29, 0.717) is 21.4 Å². The Balaban J connectivity index is 2.73. The first kappa shape index (κ1) is 14.2. The van der Waals surface area contributed by atoms with E-state index in [4.69, 9.17) is 23.2 Å². The largest absolute Gasteiger partial charge is 0.387 e. The van der Waals surface area contributed by atoms with Crippen LogP contribution < -0.4 is 0 Å². The van der Waals surface area contributed by atoms with Gasteiger partial charge in [-0.2, -0.15) is 11.8 Å². The second-order valence-corrected chi connectivity index (χ2v) is 7.21. The Morgan fingerprint density at radius 3 is 2.50 bits per heavy atom. The van der Waals surface area contributed by atoms with Crippen molar-refractivity contribution in [2.75, 3.05) is 5.75 Å². The molecule has 0 spiro atoms. The van der Waals surface area contributed by atoms with Crippen LogP contribution in [0.3, 0.4) is 0 Å². The van der Waals surface area contributed by atoms with Crippen LogP contribution in [0.5, 0.6) is 0 Å². The molecular formula is C12H16Cl2OS. The van der Waals surface area contributed by atoms with Crippen LogP contribution in [0, 0.1) is 0 Å². The average molecular weight is 279 g/mol. The number of hydrogen-bond donors (Lipinski definition) is 1. The van der Waals surface area contributed by atoms with E-state index in [1.54, 1.807) is 23.9 Å². The first-order valence-corrected chi connectivity index (χ1v) is 6.81. The van der Waals surface area contributed by atoms with Gasteiger partial charge in [0.05, 0.1) is 16.1 Å². The van der Waals surface area contributed by atoms with Crippen LogP contribution in [0.2, 0.25) is 10.0 Å². The number of aliphatic hydroxyl groups is 1. The van der Waals surface area contributed by atoms with Crippen molar-refractivity contribution < 1.29 is 5.11 Å². The van der Waals surface area contributed by atoms with Gasteiger partial charge in [-0.25, -0.2) is 0 Å². The summed E-state index contributed by atoms with van der Waals surface area (Å²) in [5.41, 5.74) is 0.700. The van der Waals surface area contributed by atoms with Crippen molar-refractivity contribution in [2.24, 2.45) is 0 Å². The van der Waals surface area contributed by atoms with E-state index in [-0.39, 0.29) is 4.75 Å². The van der Waals surface area contributed by atoms with Crippen LogP contribution in [-0.2, 0) is 0 Å². The molecule has 0 heterocycles. The zero-order chi connectivity index (χ0) is 12.3. The Labute approximate surface area is 111 Å². The highest BCUT2D eigenvalue weighted by molar-refractivity contribution is 8.00. The summed E-state index contributed by atoms with van der Waals surface area (Å²) in [6, 6.07) is 5.33. The van der Waals surface area contributed by atoms with Crippen LogP contribution in [0.1, 0.15) is 32.4 Å².